The van der Waals surface area contributed by atoms with Crippen molar-refractivity contribution in [2.24, 2.45) is 5.92 Å². The fourth-order valence-corrected chi connectivity index (χ4v) is 2.25. The maximum atomic E-state index is 13.3. The number of halogens is 2. The summed E-state index contributed by atoms with van der Waals surface area (Å²) >= 11 is 0. The van der Waals surface area contributed by atoms with Gasteiger partial charge in [0.15, 0.2) is 0 Å². The van der Waals surface area contributed by atoms with Crippen LogP contribution in [0.4, 0.5) is 8.78 Å². The van der Waals surface area contributed by atoms with Gasteiger partial charge in [-0.25, -0.2) is 8.78 Å². The number of amides is 1. The molecule has 0 aliphatic heterocycles. The first-order chi connectivity index (χ1) is 8.58. The Morgan fingerprint density at radius 3 is 2.83 bits per heavy atom. The van der Waals surface area contributed by atoms with Crippen molar-refractivity contribution in [3.63, 3.8) is 0 Å². The van der Waals surface area contributed by atoms with Crippen molar-refractivity contribution >= 4 is 5.91 Å². The van der Waals surface area contributed by atoms with Crippen LogP contribution >= 0.6 is 0 Å². The maximum Gasteiger partial charge on any atom is 0.254 e. The van der Waals surface area contributed by atoms with Gasteiger partial charge in [0.2, 0.25) is 0 Å². The van der Waals surface area contributed by atoms with Crippen molar-refractivity contribution in [3.8, 4) is 0 Å². The van der Waals surface area contributed by atoms with E-state index in [4.69, 9.17) is 0 Å². The lowest BCUT2D eigenvalue weighted by Gasteiger charge is -2.15. The molecule has 5 heteroatoms. The van der Waals surface area contributed by atoms with Crippen molar-refractivity contribution in [1.29, 1.82) is 0 Å². The van der Waals surface area contributed by atoms with Gasteiger partial charge in [-0.3, -0.25) is 4.79 Å². The molecule has 1 aromatic rings. The second-order valence-electron chi connectivity index (χ2n) is 4.59. The van der Waals surface area contributed by atoms with E-state index in [0.29, 0.717) is 0 Å². The Morgan fingerprint density at radius 1 is 1.39 bits per heavy atom. The Kier molecular flexibility index (Phi) is 3.91. The van der Waals surface area contributed by atoms with Gasteiger partial charge in [0.25, 0.3) is 5.91 Å². The van der Waals surface area contributed by atoms with Gasteiger partial charge in [0, 0.05) is 12.5 Å². The minimum absolute atomic E-state index is 0.00516. The Balaban J connectivity index is 1.97. The van der Waals surface area contributed by atoms with Gasteiger partial charge in [0.05, 0.1) is 11.7 Å². The van der Waals surface area contributed by atoms with Crippen LogP contribution in [0.15, 0.2) is 18.2 Å². The van der Waals surface area contributed by atoms with Gasteiger partial charge >= 0.3 is 0 Å². The molecule has 0 radical (unpaired) electrons. The van der Waals surface area contributed by atoms with Crippen LogP contribution in [0.5, 0.6) is 0 Å². The fourth-order valence-electron chi connectivity index (χ4n) is 2.25. The van der Waals surface area contributed by atoms with Crippen LogP contribution < -0.4 is 5.32 Å². The van der Waals surface area contributed by atoms with Gasteiger partial charge in [-0.2, -0.15) is 0 Å². The minimum atomic E-state index is -0.749. The maximum absolute atomic E-state index is 13.3. The number of aliphatic hydroxyl groups is 1. The van der Waals surface area contributed by atoms with E-state index in [1.54, 1.807) is 0 Å². The van der Waals surface area contributed by atoms with Crippen molar-refractivity contribution < 1.29 is 18.7 Å². The SMILES string of the molecule is O=C(NCC1CCCC1O)c1cc(F)ccc1F. The first-order valence-electron chi connectivity index (χ1n) is 5.99. The molecule has 0 aromatic heterocycles. The summed E-state index contributed by atoms with van der Waals surface area (Å²) in [5.74, 6) is -2.04. The molecule has 1 aliphatic rings. The average Bonchev–Trinajstić information content (AvgIpc) is 2.75. The molecule has 1 amide bonds. The fraction of sp³-hybridized carbons (Fsp3) is 0.462. The van der Waals surface area contributed by atoms with E-state index in [-0.39, 0.29) is 18.0 Å². The normalized spacial score (nSPS) is 23.1. The first kappa shape index (κ1) is 13.0. The van der Waals surface area contributed by atoms with Crippen LogP contribution in [0.3, 0.4) is 0 Å². The molecule has 2 rings (SSSR count). The molecule has 1 aliphatic carbocycles. The molecule has 2 atom stereocenters. The highest BCUT2D eigenvalue weighted by atomic mass is 19.1. The topological polar surface area (TPSA) is 49.3 Å². The van der Waals surface area contributed by atoms with Gasteiger partial charge in [-0.05, 0) is 31.0 Å². The molecule has 18 heavy (non-hydrogen) atoms. The molecule has 2 N–H and O–H groups in total. The van der Waals surface area contributed by atoms with Crippen molar-refractivity contribution in [2.45, 2.75) is 25.4 Å². The molecular weight excluding hydrogens is 240 g/mol. The summed E-state index contributed by atoms with van der Waals surface area (Å²) in [5.41, 5.74) is -0.303. The highest BCUT2D eigenvalue weighted by Crippen LogP contribution is 2.24. The Bertz CT molecular complexity index is 451. The van der Waals surface area contributed by atoms with E-state index >= 15 is 0 Å². The zero-order valence-corrected chi connectivity index (χ0v) is 9.83. The van der Waals surface area contributed by atoms with E-state index < -0.39 is 23.6 Å². The van der Waals surface area contributed by atoms with Crippen LogP contribution in [0.1, 0.15) is 29.6 Å². The molecule has 0 saturated heterocycles. The number of benzene rings is 1. The quantitative estimate of drug-likeness (QED) is 0.866. The number of hydrogen-bond donors (Lipinski definition) is 2. The monoisotopic (exact) mass is 255 g/mol. The number of rotatable bonds is 3. The second kappa shape index (κ2) is 5.44. The van der Waals surface area contributed by atoms with Gasteiger partial charge in [0.1, 0.15) is 11.6 Å². The molecule has 0 bridgehead atoms. The van der Waals surface area contributed by atoms with E-state index in [2.05, 4.69) is 5.32 Å². The van der Waals surface area contributed by atoms with Crippen molar-refractivity contribution in [2.75, 3.05) is 6.54 Å². The molecule has 98 valence electrons. The Labute approximate surface area is 104 Å². The second-order valence-corrected chi connectivity index (χ2v) is 4.59. The third kappa shape index (κ3) is 2.85. The predicted octanol–water partition coefficient (Wildman–Crippen LogP) is 1.86. The van der Waals surface area contributed by atoms with Gasteiger partial charge in [-0.15, -0.1) is 0 Å². The third-order valence-electron chi connectivity index (χ3n) is 3.32. The average molecular weight is 255 g/mol. The smallest absolute Gasteiger partial charge is 0.254 e. The van der Waals surface area contributed by atoms with Crippen molar-refractivity contribution in [3.05, 3.63) is 35.4 Å². The summed E-state index contributed by atoms with van der Waals surface area (Å²) in [6.45, 7) is 0.288. The van der Waals surface area contributed by atoms with E-state index in [9.17, 15) is 18.7 Å². The summed E-state index contributed by atoms with van der Waals surface area (Å²) in [5, 5.41) is 12.1. The molecule has 1 aromatic carbocycles. The van der Waals surface area contributed by atoms with Crippen LogP contribution in [0.2, 0.25) is 0 Å². The highest BCUT2D eigenvalue weighted by molar-refractivity contribution is 5.94. The lowest BCUT2D eigenvalue weighted by molar-refractivity contribution is 0.0912. The molecule has 3 nitrogen and oxygen atoms in total. The highest BCUT2D eigenvalue weighted by Gasteiger charge is 2.25. The molecule has 1 saturated carbocycles. The number of hydrogen-bond acceptors (Lipinski definition) is 2. The van der Waals surface area contributed by atoms with E-state index in [0.717, 1.165) is 37.5 Å². The molecule has 0 heterocycles. The summed E-state index contributed by atoms with van der Waals surface area (Å²) in [7, 11) is 0. The Hall–Kier alpha value is -1.49. The first-order valence-corrected chi connectivity index (χ1v) is 5.99. The van der Waals surface area contributed by atoms with E-state index in [1.165, 1.54) is 0 Å². The summed E-state index contributed by atoms with van der Waals surface area (Å²) < 4.78 is 26.2. The summed E-state index contributed by atoms with van der Waals surface area (Å²) in [6.07, 6.45) is 2.08. The molecular formula is C13H15F2NO2. The van der Waals surface area contributed by atoms with Gasteiger partial charge in [-0.1, -0.05) is 6.42 Å². The minimum Gasteiger partial charge on any atom is -0.393 e. The van der Waals surface area contributed by atoms with E-state index in [1.807, 2.05) is 0 Å². The molecule has 1 fully saturated rings. The molecule has 2 unspecified atom stereocenters. The number of nitrogens with one attached hydrogen (secondary N) is 1. The number of aliphatic hydroxyl groups excluding tert-OH is 1. The standard InChI is InChI=1S/C13H15F2NO2/c14-9-4-5-11(15)10(6-9)13(18)16-7-8-2-1-3-12(8)17/h4-6,8,12,17H,1-3,7H2,(H,16,18). The number of carbonyl (C=O) groups excluding carboxylic acids is 1. The predicted molar refractivity (Wildman–Crippen MR) is 62.0 cm³/mol. The summed E-state index contributed by atoms with van der Waals surface area (Å²) in [6, 6.07) is 2.76. The Morgan fingerprint density at radius 2 is 2.17 bits per heavy atom. The summed E-state index contributed by atoms with van der Waals surface area (Å²) in [4.78, 5) is 11.7. The zero-order valence-electron chi connectivity index (χ0n) is 9.83. The van der Waals surface area contributed by atoms with Gasteiger partial charge < -0.3 is 10.4 Å². The van der Waals surface area contributed by atoms with Crippen LogP contribution in [-0.4, -0.2) is 23.7 Å². The lowest BCUT2D eigenvalue weighted by atomic mass is 10.1. The zero-order chi connectivity index (χ0) is 13.1. The largest absolute Gasteiger partial charge is 0.393 e. The number of carbonyl (C=O) groups is 1. The van der Waals surface area contributed by atoms with Crippen molar-refractivity contribution in [1.82, 2.24) is 5.32 Å². The molecule has 0 spiro atoms. The third-order valence-corrected chi connectivity index (χ3v) is 3.32. The van der Waals surface area contributed by atoms with Crippen LogP contribution in [0.25, 0.3) is 0 Å². The lowest BCUT2D eigenvalue weighted by Crippen LogP contribution is -2.32. The van der Waals surface area contributed by atoms with Crippen LogP contribution in [-0.2, 0) is 0 Å². The van der Waals surface area contributed by atoms with Crippen LogP contribution in [0, 0.1) is 17.6 Å².